The van der Waals surface area contributed by atoms with Crippen molar-refractivity contribution in [2.24, 2.45) is 0 Å². The molecular formula is C15H11N3OS. The van der Waals surface area contributed by atoms with Gasteiger partial charge in [0.05, 0.1) is 18.3 Å². The fourth-order valence-corrected chi connectivity index (χ4v) is 2.59. The van der Waals surface area contributed by atoms with Crippen molar-refractivity contribution in [2.75, 3.05) is 0 Å². The molecule has 3 aromatic rings. The van der Waals surface area contributed by atoms with Crippen LogP contribution in [0.5, 0.6) is 0 Å². The largest absolute Gasteiger partial charge is 0.294 e. The number of carbonyl (C=O) groups is 1. The van der Waals surface area contributed by atoms with Crippen LogP contribution in [0.3, 0.4) is 0 Å². The zero-order valence-corrected chi connectivity index (χ0v) is 11.4. The van der Waals surface area contributed by atoms with Gasteiger partial charge in [-0.1, -0.05) is 30.3 Å². The monoisotopic (exact) mass is 281 g/mol. The van der Waals surface area contributed by atoms with E-state index in [1.54, 1.807) is 18.6 Å². The van der Waals surface area contributed by atoms with Crippen molar-refractivity contribution in [1.82, 2.24) is 15.0 Å². The Balaban J connectivity index is 1.77. The summed E-state index contributed by atoms with van der Waals surface area (Å²) in [6.07, 6.45) is 5.23. The van der Waals surface area contributed by atoms with Gasteiger partial charge in [-0.15, -0.1) is 11.3 Å². The highest BCUT2D eigenvalue weighted by atomic mass is 32.1. The summed E-state index contributed by atoms with van der Waals surface area (Å²) in [6, 6.07) is 9.25. The van der Waals surface area contributed by atoms with Crippen LogP contribution in [0.1, 0.15) is 16.1 Å². The standard InChI is InChI=1S/C15H11N3OS/c19-14(11-4-2-1-3-5-11)8-12-10-20-15(18-12)13-9-16-6-7-17-13/h1-7,9-10H,8H2. The molecule has 0 fully saturated rings. The second-order valence-electron chi connectivity index (χ2n) is 4.20. The summed E-state index contributed by atoms with van der Waals surface area (Å²) in [6.45, 7) is 0. The zero-order valence-electron chi connectivity index (χ0n) is 10.6. The molecule has 0 bridgehead atoms. The van der Waals surface area contributed by atoms with Crippen LogP contribution in [0, 0.1) is 0 Å². The number of hydrogen-bond donors (Lipinski definition) is 0. The van der Waals surface area contributed by atoms with Gasteiger partial charge in [-0.2, -0.15) is 0 Å². The maximum Gasteiger partial charge on any atom is 0.168 e. The molecule has 0 radical (unpaired) electrons. The van der Waals surface area contributed by atoms with Crippen molar-refractivity contribution in [3.8, 4) is 10.7 Å². The van der Waals surface area contributed by atoms with Crippen molar-refractivity contribution in [2.45, 2.75) is 6.42 Å². The number of rotatable bonds is 4. The number of thiazole rings is 1. The number of ketones is 1. The third-order valence-electron chi connectivity index (χ3n) is 2.77. The van der Waals surface area contributed by atoms with Crippen molar-refractivity contribution >= 4 is 17.1 Å². The van der Waals surface area contributed by atoms with Crippen LogP contribution in [0.15, 0.2) is 54.3 Å². The third kappa shape index (κ3) is 2.78. The first kappa shape index (κ1) is 12.6. The lowest BCUT2D eigenvalue weighted by atomic mass is 10.1. The summed E-state index contributed by atoms with van der Waals surface area (Å²) in [7, 11) is 0. The van der Waals surface area contributed by atoms with Crippen LogP contribution >= 0.6 is 11.3 Å². The fraction of sp³-hybridized carbons (Fsp3) is 0.0667. The Morgan fingerprint density at radius 2 is 2.00 bits per heavy atom. The van der Waals surface area contributed by atoms with Gasteiger partial charge < -0.3 is 0 Å². The third-order valence-corrected chi connectivity index (χ3v) is 3.69. The van der Waals surface area contributed by atoms with E-state index in [9.17, 15) is 4.79 Å². The SMILES string of the molecule is O=C(Cc1csc(-c2cnccn2)n1)c1ccccc1. The number of carbonyl (C=O) groups excluding carboxylic acids is 1. The molecule has 98 valence electrons. The van der Waals surface area contributed by atoms with E-state index in [2.05, 4.69) is 15.0 Å². The molecule has 20 heavy (non-hydrogen) atoms. The van der Waals surface area contributed by atoms with Gasteiger partial charge in [0.15, 0.2) is 5.78 Å². The summed E-state index contributed by atoms with van der Waals surface area (Å²) in [5, 5.41) is 2.68. The van der Waals surface area contributed by atoms with Crippen molar-refractivity contribution in [3.05, 3.63) is 65.6 Å². The summed E-state index contributed by atoms with van der Waals surface area (Å²) >= 11 is 1.47. The quantitative estimate of drug-likeness (QED) is 0.690. The molecule has 2 heterocycles. The molecule has 0 amide bonds. The first-order chi connectivity index (χ1) is 9.83. The molecule has 5 heteroatoms. The lowest BCUT2D eigenvalue weighted by Crippen LogP contribution is -2.03. The minimum absolute atomic E-state index is 0.0709. The molecule has 0 saturated carbocycles. The van der Waals surface area contributed by atoms with Gasteiger partial charge in [-0.25, -0.2) is 4.98 Å². The topological polar surface area (TPSA) is 55.7 Å². The maximum absolute atomic E-state index is 12.1. The van der Waals surface area contributed by atoms with Crippen LogP contribution in [-0.4, -0.2) is 20.7 Å². The van der Waals surface area contributed by atoms with Crippen LogP contribution in [0.2, 0.25) is 0 Å². The number of Topliss-reactive ketones (excluding diaryl/α,β-unsaturated/α-hetero) is 1. The molecule has 0 spiro atoms. The van der Waals surface area contributed by atoms with Crippen molar-refractivity contribution in [1.29, 1.82) is 0 Å². The van der Waals surface area contributed by atoms with Gasteiger partial charge in [0.25, 0.3) is 0 Å². The second-order valence-corrected chi connectivity index (χ2v) is 5.06. The molecule has 0 N–H and O–H groups in total. The molecule has 0 aliphatic heterocycles. The highest BCUT2D eigenvalue weighted by Gasteiger charge is 2.11. The lowest BCUT2D eigenvalue weighted by Gasteiger charge is -1.97. The van der Waals surface area contributed by atoms with E-state index in [1.807, 2.05) is 35.7 Å². The Morgan fingerprint density at radius 1 is 1.15 bits per heavy atom. The predicted molar refractivity (Wildman–Crippen MR) is 77.6 cm³/mol. The Hall–Kier alpha value is -2.40. The van der Waals surface area contributed by atoms with Gasteiger partial charge in [-0.05, 0) is 0 Å². The van der Waals surface area contributed by atoms with Gasteiger partial charge in [-0.3, -0.25) is 14.8 Å². The van der Waals surface area contributed by atoms with Crippen LogP contribution in [-0.2, 0) is 6.42 Å². The predicted octanol–water partition coefficient (Wildman–Crippen LogP) is 3.03. The molecule has 1 aromatic carbocycles. The number of benzene rings is 1. The lowest BCUT2D eigenvalue weighted by molar-refractivity contribution is 0.0992. The smallest absolute Gasteiger partial charge is 0.168 e. The Morgan fingerprint density at radius 3 is 2.75 bits per heavy atom. The van der Waals surface area contributed by atoms with Gasteiger partial charge in [0.2, 0.25) is 0 Å². The summed E-state index contributed by atoms with van der Waals surface area (Å²) in [4.78, 5) is 24.8. The van der Waals surface area contributed by atoms with Crippen LogP contribution < -0.4 is 0 Å². The normalized spacial score (nSPS) is 10.4. The van der Waals surface area contributed by atoms with E-state index in [0.717, 1.165) is 16.4 Å². The van der Waals surface area contributed by atoms with E-state index in [-0.39, 0.29) is 5.78 Å². The summed E-state index contributed by atoms with van der Waals surface area (Å²) in [5.74, 6) is 0.0709. The van der Waals surface area contributed by atoms with E-state index in [0.29, 0.717) is 12.0 Å². The average molecular weight is 281 g/mol. The molecular weight excluding hydrogens is 270 g/mol. The van der Waals surface area contributed by atoms with E-state index < -0.39 is 0 Å². The second kappa shape index (κ2) is 5.71. The molecule has 0 aliphatic carbocycles. The maximum atomic E-state index is 12.1. The summed E-state index contributed by atoms with van der Waals surface area (Å²) in [5.41, 5.74) is 2.21. The van der Waals surface area contributed by atoms with Crippen LogP contribution in [0.4, 0.5) is 0 Å². The van der Waals surface area contributed by atoms with Crippen molar-refractivity contribution < 1.29 is 4.79 Å². The Bertz CT molecular complexity index is 710. The number of nitrogens with zero attached hydrogens (tertiary/aromatic N) is 3. The molecule has 0 atom stereocenters. The highest BCUT2D eigenvalue weighted by Crippen LogP contribution is 2.21. The molecule has 0 aliphatic rings. The summed E-state index contributed by atoms with van der Waals surface area (Å²) < 4.78 is 0. The van der Waals surface area contributed by atoms with Gasteiger partial charge in [0, 0.05) is 23.3 Å². The molecule has 0 unspecified atom stereocenters. The average Bonchev–Trinajstić information content (AvgIpc) is 2.97. The fourth-order valence-electron chi connectivity index (χ4n) is 1.81. The minimum atomic E-state index is 0.0709. The molecule has 0 saturated heterocycles. The first-order valence-electron chi connectivity index (χ1n) is 6.12. The number of aromatic nitrogens is 3. The number of hydrogen-bond acceptors (Lipinski definition) is 5. The highest BCUT2D eigenvalue weighted by molar-refractivity contribution is 7.13. The minimum Gasteiger partial charge on any atom is -0.294 e. The van der Waals surface area contributed by atoms with E-state index >= 15 is 0 Å². The van der Waals surface area contributed by atoms with Gasteiger partial charge in [0.1, 0.15) is 10.7 Å². The molecule has 2 aromatic heterocycles. The first-order valence-corrected chi connectivity index (χ1v) is 7.00. The van der Waals surface area contributed by atoms with E-state index in [1.165, 1.54) is 11.3 Å². The molecule has 3 rings (SSSR count). The molecule has 4 nitrogen and oxygen atoms in total. The van der Waals surface area contributed by atoms with Gasteiger partial charge >= 0.3 is 0 Å². The van der Waals surface area contributed by atoms with E-state index in [4.69, 9.17) is 0 Å². The van der Waals surface area contributed by atoms with Crippen molar-refractivity contribution in [3.63, 3.8) is 0 Å². The Labute approximate surface area is 120 Å². The zero-order chi connectivity index (χ0) is 13.8. The Kier molecular flexibility index (Phi) is 3.60. The van der Waals surface area contributed by atoms with Crippen LogP contribution in [0.25, 0.3) is 10.7 Å².